The lowest BCUT2D eigenvalue weighted by Crippen LogP contribution is -2.38. The minimum absolute atomic E-state index is 0.0275. The first-order valence-corrected chi connectivity index (χ1v) is 9.12. The third kappa shape index (κ3) is 3.82. The molecule has 152 valence electrons. The van der Waals surface area contributed by atoms with Crippen LogP contribution in [0.25, 0.3) is 0 Å². The van der Waals surface area contributed by atoms with Crippen LogP contribution in [0.2, 0.25) is 0 Å². The molecule has 30 heavy (non-hydrogen) atoms. The Balaban J connectivity index is 1.60. The molecule has 0 bridgehead atoms. The van der Waals surface area contributed by atoms with Crippen molar-refractivity contribution < 1.29 is 18.4 Å². The molecule has 0 aliphatic carbocycles. The zero-order chi connectivity index (χ0) is 21.3. The van der Waals surface area contributed by atoms with Gasteiger partial charge in [0.15, 0.2) is 0 Å². The summed E-state index contributed by atoms with van der Waals surface area (Å²) in [6.07, 6.45) is 4.71. The average Bonchev–Trinajstić information content (AvgIpc) is 2.72. The number of pyridine rings is 2. The van der Waals surface area contributed by atoms with Crippen LogP contribution >= 0.6 is 0 Å². The van der Waals surface area contributed by atoms with E-state index in [2.05, 4.69) is 15.3 Å². The maximum absolute atomic E-state index is 13.5. The SMILES string of the molecule is O=C(Nc1cccnc1)c1c2c(c[nH]c1=O)CN(C(=O)c1cc(F)cc(F)c1)CC2. The maximum atomic E-state index is 13.5. The molecule has 1 aliphatic rings. The van der Waals surface area contributed by atoms with Gasteiger partial charge in [-0.25, -0.2) is 8.78 Å². The zero-order valence-electron chi connectivity index (χ0n) is 15.6. The van der Waals surface area contributed by atoms with E-state index in [0.717, 1.165) is 12.1 Å². The number of rotatable bonds is 3. The number of aromatic amines is 1. The van der Waals surface area contributed by atoms with E-state index in [-0.39, 0.29) is 30.6 Å². The van der Waals surface area contributed by atoms with Gasteiger partial charge in [0.05, 0.1) is 11.9 Å². The number of hydrogen-bond acceptors (Lipinski definition) is 4. The van der Waals surface area contributed by atoms with Crippen LogP contribution < -0.4 is 10.9 Å². The number of hydrogen-bond donors (Lipinski definition) is 2. The van der Waals surface area contributed by atoms with Crippen molar-refractivity contribution in [1.82, 2.24) is 14.9 Å². The fraction of sp³-hybridized carbons (Fsp3) is 0.143. The first-order chi connectivity index (χ1) is 14.4. The monoisotopic (exact) mass is 410 g/mol. The van der Waals surface area contributed by atoms with Crippen molar-refractivity contribution in [3.8, 4) is 0 Å². The second kappa shape index (κ2) is 7.86. The van der Waals surface area contributed by atoms with E-state index in [1.54, 1.807) is 18.3 Å². The highest BCUT2D eigenvalue weighted by Gasteiger charge is 2.27. The van der Waals surface area contributed by atoms with Crippen LogP contribution in [-0.4, -0.2) is 33.2 Å². The molecule has 0 saturated heterocycles. The van der Waals surface area contributed by atoms with Gasteiger partial charge in [-0.15, -0.1) is 0 Å². The van der Waals surface area contributed by atoms with Gasteiger partial charge in [-0.3, -0.25) is 19.4 Å². The van der Waals surface area contributed by atoms with E-state index < -0.39 is 29.0 Å². The summed E-state index contributed by atoms with van der Waals surface area (Å²) in [6.45, 7) is 0.289. The molecule has 0 saturated carbocycles. The molecule has 4 rings (SSSR count). The molecule has 0 unspecified atom stereocenters. The van der Waals surface area contributed by atoms with Gasteiger partial charge in [0.1, 0.15) is 17.2 Å². The first-order valence-electron chi connectivity index (χ1n) is 9.12. The summed E-state index contributed by atoms with van der Waals surface area (Å²) in [7, 11) is 0. The Labute approximate surface area is 169 Å². The van der Waals surface area contributed by atoms with Gasteiger partial charge in [0.2, 0.25) is 0 Å². The van der Waals surface area contributed by atoms with Crippen molar-refractivity contribution in [1.29, 1.82) is 0 Å². The minimum atomic E-state index is -0.838. The molecule has 7 nitrogen and oxygen atoms in total. The summed E-state index contributed by atoms with van der Waals surface area (Å²) in [5.41, 5.74) is 0.898. The Kier molecular flexibility index (Phi) is 5.09. The van der Waals surface area contributed by atoms with Gasteiger partial charge in [-0.2, -0.15) is 0 Å². The van der Waals surface area contributed by atoms with Crippen molar-refractivity contribution in [3.05, 3.63) is 93.2 Å². The third-order valence-corrected chi connectivity index (χ3v) is 4.83. The standard InChI is InChI=1S/C21H16F2N4O3/c22-14-6-12(7-15(23)8-14)21(30)27-5-3-17-13(11-27)9-25-19(28)18(17)20(29)26-16-2-1-4-24-10-16/h1-2,4,6-10H,3,5,11H2,(H,25,28)(H,26,29). The summed E-state index contributed by atoms with van der Waals surface area (Å²) >= 11 is 0. The number of anilines is 1. The number of nitrogens with one attached hydrogen (secondary N) is 2. The van der Waals surface area contributed by atoms with Crippen molar-refractivity contribution in [2.24, 2.45) is 0 Å². The lowest BCUT2D eigenvalue weighted by molar-refractivity contribution is 0.0733. The van der Waals surface area contributed by atoms with Crippen LogP contribution in [-0.2, 0) is 13.0 Å². The van der Waals surface area contributed by atoms with Crippen LogP contribution in [0.5, 0.6) is 0 Å². The summed E-state index contributed by atoms with van der Waals surface area (Å²) in [5, 5.41) is 2.64. The Morgan fingerprint density at radius 1 is 1.17 bits per heavy atom. The first kappa shape index (κ1) is 19.4. The van der Waals surface area contributed by atoms with E-state index in [1.807, 2.05) is 0 Å². The Morgan fingerprint density at radius 3 is 2.63 bits per heavy atom. The smallest absolute Gasteiger partial charge is 0.261 e. The van der Waals surface area contributed by atoms with E-state index >= 15 is 0 Å². The molecule has 0 fully saturated rings. The Bertz CT molecular complexity index is 1170. The zero-order valence-corrected chi connectivity index (χ0v) is 15.6. The topological polar surface area (TPSA) is 95.2 Å². The van der Waals surface area contributed by atoms with E-state index in [0.29, 0.717) is 22.9 Å². The molecule has 0 radical (unpaired) electrons. The normalized spacial score (nSPS) is 12.9. The Hall–Kier alpha value is -3.88. The summed E-state index contributed by atoms with van der Waals surface area (Å²) < 4.78 is 26.9. The number of fused-ring (bicyclic) bond motifs is 1. The predicted molar refractivity (Wildman–Crippen MR) is 104 cm³/mol. The largest absolute Gasteiger partial charge is 0.334 e. The maximum Gasteiger partial charge on any atom is 0.261 e. The van der Waals surface area contributed by atoms with Gasteiger partial charge in [0, 0.05) is 37.1 Å². The fourth-order valence-corrected chi connectivity index (χ4v) is 3.47. The molecule has 9 heteroatoms. The number of benzene rings is 1. The summed E-state index contributed by atoms with van der Waals surface area (Å²) in [4.78, 5) is 45.6. The summed E-state index contributed by atoms with van der Waals surface area (Å²) in [6, 6.07) is 5.94. The molecule has 0 atom stereocenters. The average molecular weight is 410 g/mol. The highest BCUT2D eigenvalue weighted by molar-refractivity contribution is 6.05. The van der Waals surface area contributed by atoms with Crippen molar-refractivity contribution in [3.63, 3.8) is 0 Å². The number of halogens is 2. The number of carbonyl (C=O) groups is 2. The van der Waals surface area contributed by atoms with Gasteiger partial charge < -0.3 is 15.2 Å². The van der Waals surface area contributed by atoms with Crippen LogP contribution in [0.3, 0.4) is 0 Å². The highest BCUT2D eigenvalue weighted by Crippen LogP contribution is 2.23. The second-order valence-corrected chi connectivity index (χ2v) is 6.83. The van der Waals surface area contributed by atoms with Crippen LogP contribution in [0.4, 0.5) is 14.5 Å². The quantitative estimate of drug-likeness (QED) is 0.694. The number of carbonyl (C=O) groups excluding carboxylic acids is 2. The number of nitrogens with zero attached hydrogens (tertiary/aromatic N) is 2. The number of aromatic nitrogens is 2. The lowest BCUT2D eigenvalue weighted by atomic mass is 9.96. The number of H-pyrrole nitrogens is 1. The Morgan fingerprint density at radius 2 is 1.93 bits per heavy atom. The molecular formula is C21H16F2N4O3. The summed E-state index contributed by atoms with van der Waals surface area (Å²) in [5.74, 6) is -2.79. The van der Waals surface area contributed by atoms with Gasteiger partial charge in [0.25, 0.3) is 17.4 Å². The molecular weight excluding hydrogens is 394 g/mol. The lowest BCUT2D eigenvalue weighted by Gasteiger charge is -2.29. The van der Waals surface area contributed by atoms with Crippen LogP contribution in [0.1, 0.15) is 31.8 Å². The fourth-order valence-electron chi connectivity index (χ4n) is 3.47. The van der Waals surface area contributed by atoms with E-state index in [4.69, 9.17) is 0 Å². The van der Waals surface area contributed by atoms with Gasteiger partial charge in [-0.05, 0) is 41.8 Å². The predicted octanol–water partition coefficient (Wildman–Crippen LogP) is 2.50. The molecule has 2 aromatic heterocycles. The highest BCUT2D eigenvalue weighted by atomic mass is 19.1. The van der Waals surface area contributed by atoms with E-state index in [9.17, 15) is 23.2 Å². The second-order valence-electron chi connectivity index (χ2n) is 6.83. The molecule has 2 N–H and O–H groups in total. The molecule has 1 aromatic carbocycles. The molecule has 3 heterocycles. The molecule has 1 aliphatic heterocycles. The molecule has 2 amide bonds. The number of amides is 2. The molecule has 0 spiro atoms. The van der Waals surface area contributed by atoms with Crippen molar-refractivity contribution in [2.45, 2.75) is 13.0 Å². The third-order valence-electron chi connectivity index (χ3n) is 4.83. The van der Waals surface area contributed by atoms with Crippen molar-refractivity contribution in [2.75, 3.05) is 11.9 Å². The van der Waals surface area contributed by atoms with Gasteiger partial charge >= 0.3 is 0 Å². The minimum Gasteiger partial charge on any atom is -0.334 e. The molecule has 3 aromatic rings. The van der Waals surface area contributed by atoms with Gasteiger partial charge in [-0.1, -0.05) is 0 Å². The van der Waals surface area contributed by atoms with Crippen LogP contribution in [0.15, 0.2) is 53.7 Å². The van der Waals surface area contributed by atoms with E-state index in [1.165, 1.54) is 17.3 Å². The van der Waals surface area contributed by atoms with Crippen molar-refractivity contribution >= 4 is 17.5 Å². The van der Waals surface area contributed by atoms with Crippen LogP contribution in [0, 0.1) is 11.6 Å².